The van der Waals surface area contributed by atoms with Crippen LogP contribution in [0.3, 0.4) is 0 Å². The molecule has 2 heterocycles. The first-order valence-corrected chi connectivity index (χ1v) is 9.82. The van der Waals surface area contributed by atoms with E-state index in [4.69, 9.17) is 0 Å². The van der Waals surface area contributed by atoms with Crippen LogP contribution in [0.1, 0.15) is 42.1 Å². The van der Waals surface area contributed by atoms with E-state index >= 15 is 0 Å². The Bertz CT molecular complexity index is 898. The molecule has 1 aromatic heterocycles. The van der Waals surface area contributed by atoms with Gasteiger partial charge in [0.1, 0.15) is 5.82 Å². The fraction of sp³-hybridized carbons (Fsp3) is 0.450. The summed E-state index contributed by atoms with van der Waals surface area (Å²) < 4.78 is 15.0. The quantitative estimate of drug-likeness (QED) is 0.715. The second-order valence-corrected chi connectivity index (χ2v) is 7.63. The van der Waals surface area contributed by atoms with Crippen molar-refractivity contribution in [2.45, 2.75) is 43.8 Å². The van der Waals surface area contributed by atoms with Gasteiger partial charge in [0.15, 0.2) is 0 Å². The second-order valence-electron chi connectivity index (χ2n) is 7.63. The SMILES string of the molecule is O=C(Nc1cnn([C@H]2C[C@@H](CO)N(C(=O)NC3CCC3)C2)c1)c1cccc(F)c1. The molecule has 29 heavy (non-hydrogen) atoms. The topological polar surface area (TPSA) is 99.5 Å². The van der Waals surface area contributed by atoms with Crippen LogP contribution in [-0.2, 0) is 0 Å². The van der Waals surface area contributed by atoms with Crippen LogP contribution >= 0.6 is 0 Å². The van der Waals surface area contributed by atoms with Gasteiger partial charge in [0.2, 0.25) is 0 Å². The lowest BCUT2D eigenvalue weighted by Gasteiger charge is -2.31. The van der Waals surface area contributed by atoms with Gasteiger partial charge in [-0.15, -0.1) is 0 Å². The molecule has 0 radical (unpaired) electrons. The maximum atomic E-state index is 13.3. The van der Waals surface area contributed by atoms with Crippen molar-refractivity contribution in [1.82, 2.24) is 20.0 Å². The van der Waals surface area contributed by atoms with Crippen LogP contribution in [0.4, 0.5) is 14.9 Å². The molecular formula is C20H24FN5O3. The predicted octanol–water partition coefficient (Wildman–Crippen LogP) is 2.14. The van der Waals surface area contributed by atoms with Gasteiger partial charge in [0.05, 0.1) is 30.6 Å². The van der Waals surface area contributed by atoms with Gasteiger partial charge in [-0.2, -0.15) is 5.10 Å². The van der Waals surface area contributed by atoms with E-state index in [0.29, 0.717) is 18.7 Å². The third-order valence-corrected chi connectivity index (χ3v) is 5.62. The number of benzene rings is 1. The highest BCUT2D eigenvalue weighted by molar-refractivity contribution is 6.04. The first-order valence-electron chi connectivity index (χ1n) is 9.82. The fourth-order valence-electron chi connectivity index (χ4n) is 3.75. The lowest BCUT2D eigenvalue weighted by Crippen LogP contribution is -2.49. The minimum Gasteiger partial charge on any atom is -0.394 e. The molecule has 2 atom stereocenters. The minimum atomic E-state index is -0.477. The average molecular weight is 401 g/mol. The molecular weight excluding hydrogens is 377 g/mol. The van der Waals surface area contributed by atoms with Crippen LogP contribution in [0.15, 0.2) is 36.7 Å². The van der Waals surface area contributed by atoms with Crippen molar-refractivity contribution in [3.8, 4) is 0 Å². The van der Waals surface area contributed by atoms with Crippen molar-refractivity contribution in [3.05, 3.63) is 48.0 Å². The number of halogens is 1. The summed E-state index contributed by atoms with van der Waals surface area (Å²) in [5, 5.41) is 19.7. The van der Waals surface area contributed by atoms with Crippen LogP contribution in [0.2, 0.25) is 0 Å². The molecule has 1 saturated carbocycles. The number of amides is 3. The van der Waals surface area contributed by atoms with Gasteiger partial charge in [-0.1, -0.05) is 6.07 Å². The standard InChI is InChI=1S/C20H24FN5O3/c21-14-4-1-3-13(7-14)19(28)23-16-9-22-26(10-16)17-8-18(12-27)25(11-17)20(29)24-15-5-2-6-15/h1,3-4,7,9-10,15,17-18,27H,2,5-6,8,11-12H2,(H,23,28)(H,24,29)/t17-,18-/m0/s1. The highest BCUT2D eigenvalue weighted by atomic mass is 19.1. The number of anilines is 1. The molecule has 0 bridgehead atoms. The van der Waals surface area contributed by atoms with Gasteiger partial charge in [-0.05, 0) is 43.9 Å². The lowest BCUT2D eigenvalue weighted by molar-refractivity contribution is 0.102. The fourth-order valence-corrected chi connectivity index (χ4v) is 3.75. The summed E-state index contributed by atoms with van der Waals surface area (Å²) in [7, 11) is 0. The number of hydrogen-bond donors (Lipinski definition) is 3. The number of aliphatic hydroxyl groups is 1. The van der Waals surface area contributed by atoms with E-state index < -0.39 is 11.7 Å². The van der Waals surface area contributed by atoms with Crippen LogP contribution in [0.5, 0.6) is 0 Å². The Morgan fingerprint density at radius 1 is 1.31 bits per heavy atom. The minimum absolute atomic E-state index is 0.0980. The third-order valence-electron chi connectivity index (χ3n) is 5.62. The van der Waals surface area contributed by atoms with Gasteiger partial charge in [0.25, 0.3) is 5.91 Å². The summed E-state index contributed by atoms with van der Waals surface area (Å²) in [6.45, 7) is 0.321. The molecule has 1 aliphatic heterocycles. The molecule has 0 unspecified atom stereocenters. The zero-order chi connectivity index (χ0) is 20.4. The Balaban J connectivity index is 1.39. The highest BCUT2D eigenvalue weighted by Gasteiger charge is 2.37. The lowest BCUT2D eigenvalue weighted by atomic mass is 9.93. The van der Waals surface area contributed by atoms with Gasteiger partial charge in [-0.25, -0.2) is 9.18 Å². The Kier molecular flexibility index (Phi) is 5.48. The van der Waals surface area contributed by atoms with E-state index in [9.17, 15) is 19.1 Å². The molecule has 3 N–H and O–H groups in total. The number of aromatic nitrogens is 2. The van der Waals surface area contributed by atoms with Crippen molar-refractivity contribution in [1.29, 1.82) is 0 Å². The molecule has 2 fully saturated rings. The van der Waals surface area contributed by atoms with Gasteiger partial charge >= 0.3 is 6.03 Å². The van der Waals surface area contributed by atoms with Crippen LogP contribution < -0.4 is 10.6 Å². The summed E-state index contributed by atoms with van der Waals surface area (Å²) in [6.07, 6.45) is 6.91. The summed E-state index contributed by atoms with van der Waals surface area (Å²) >= 11 is 0. The van der Waals surface area contributed by atoms with Crippen LogP contribution in [0, 0.1) is 5.82 Å². The zero-order valence-electron chi connectivity index (χ0n) is 15.9. The number of aliphatic hydroxyl groups excluding tert-OH is 1. The largest absolute Gasteiger partial charge is 0.394 e. The Hall–Kier alpha value is -2.94. The molecule has 8 nitrogen and oxygen atoms in total. The number of nitrogens with zero attached hydrogens (tertiary/aromatic N) is 3. The van der Waals surface area contributed by atoms with Crippen LogP contribution in [0.25, 0.3) is 0 Å². The Labute approximate surface area is 167 Å². The first kappa shape index (κ1) is 19.4. The molecule has 154 valence electrons. The van der Waals surface area contributed by atoms with E-state index in [2.05, 4.69) is 15.7 Å². The average Bonchev–Trinajstić information content (AvgIpc) is 3.31. The van der Waals surface area contributed by atoms with Gasteiger partial charge in [0, 0.05) is 24.3 Å². The molecule has 4 rings (SSSR count). The molecule has 0 spiro atoms. The predicted molar refractivity (Wildman–Crippen MR) is 104 cm³/mol. The number of hydrogen-bond acceptors (Lipinski definition) is 4. The molecule has 2 aliphatic rings. The monoisotopic (exact) mass is 401 g/mol. The molecule has 2 aromatic rings. The molecule has 1 saturated heterocycles. The summed E-state index contributed by atoms with van der Waals surface area (Å²) in [4.78, 5) is 26.4. The zero-order valence-corrected chi connectivity index (χ0v) is 15.9. The summed E-state index contributed by atoms with van der Waals surface area (Å²) in [5.74, 6) is -0.903. The third kappa shape index (κ3) is 4.24. The van der Waals surface area contributed by atoms with E-state index in [1.807, 2.05) is 0 Å². The Morgan fingerprint density at radius 3 is 2.83 bits per heavy atom. The molecule has 9 heteroatoms. The van der Waals surface area contributed by atoms with Gasteiger partial charge in [-0.3, -0.25) is 9.48 Å². The van der Waals surface area contributed by atoms with E-state index in [-0.39, 0.29) is 36.3 Å². The Morgan fingerprint density at radius 2 is 2.14 bits per heavy atom. The number of urea groups is 1. The van der Waals surface area contributed by atoms with E-state index in [1.54, 1.807) is 15.8 Å². The van der Waals surface area contributed by atoms with E-state index in [1.165, 1.54) is 30.5 Å². The molecule has 1 aliphatic carbocycles. The number of nitrogens with one attached hydrogen (secondary N) is 2. The smallest absolute Gasteiger partial charge is 0.318 e. The number of likely N-dealkylation sites (tertiary alicyclic amines) is 1. The van der Waals surface area contributed by atoms with Crippen molar-refractivity contribution in [3.63, 3.8) is 0 Å². The van der Waals surface area contributed by atoms with Crippen LogP contribution in [-0.4, -0.2) is 57.0 Å². The highest BCUT2D eigenvalue weighted by Crippen LogP contribution is 2.28. The first-order chi connectivity index (χ1) is 14.0. The summed E-state index contributed by atoms with van der Waals surface area (Å²) in [5.41, 5.74) is 0.704. The second kappa shape index (κ2) is 8.20. The van der Waals surface area contributed by atoms with Crippen molar-refractivity contribution in [2.75, 3.05) is 18.5 Å². The van der Waals surface area contributed by atoms with Crippen molar-refractivity contribution >= 4 is 17.6 Å². The normalized spacial score (nSPS) is 21.7. The molecule has 1 aromatic carbocycles. The summed E-state index contributed by atoms with van der Waals surface area (Å²) in [6, 6.07) is 5.17. The number of carbonyl (C=O) groups is 2. The number of carbonyl (C=O) groups excluding carboxylic acids is 2. The van der Waals surface area contributed by atoms with Crippen molar-refractivity contribution in [2.24, 2.45) is 0 Å². The van der Waals surface area contributed by atoms with Gasteiger partial charge < -0.3 is 20.6 Å². The number of rotatable bonds is 5. The maximum absolute atomic E-state index is 13.3. The van der Waals surface area contributed by atoms with Crippen molar-refractivity contribution < 1.29 is 19.1 Å². The van der Waals surface area contributed by atoms with E-state index in [0.717, 1.165) is 19.3 Å². The molecule has 3 amide bonds. The maximum Gasteiger partial charge on any atom is 0.318 e.